The number of rotatable bonds is 3. The summed E-state index contributed by atoms with van der Waals surface area (Å²) in [5.41, 5.74) is 0.757. The molecule has 7 heteroatoms. The molecule has 0 radical (unpaired) electrons. The molecule has 1 saturated carbocycles. The lowest BCUT2D eigenvalue weighted by Crippen LogP contribution is -2.57. The van der Waals surface area contributed by atoms with E-state index in [1.807, 2.05) is 4.90 Å². The van der Waals surface area contributed by atoms with Gasteiger partial charge in [-0.3, -0.25) is 14.9 Å². The number of carbonyl (C=O) groups excluding carboxylic acids is 1. The van der Waals surface area contributed by atoms with Gasteiger partial charge in [0.25, 0.3) is 0 Å². The zero-order valence-corrected chi connectivity index (χ0v) is 13.9. The maximum absolute atomic E-state index is 12.3. The second-order valence-electron chi connectivity index (χ2n) is 7.19. The van der Waals surface area contributed by atoms with E-state index in [2.05, 4.69) is 9.88 Å². The quantitative estimate of drug-likeness (QED) is 0.627. The highest BCUT2D eigenvalue weighted by atomic mass is 16.6. The van der Waals surface area contributed by atoms with Gasteiger partial charge in [0.1, 0.15) is 0 Å². The van der Waals surface area contributed by atoms with Crippen LogP contribution in [0.15, 0.2) is 12.3 Å². The van der Waals surface area contributed by atoms with Crippen molar-refractivity contribution in [2.75, 3.05) is 18.0 Å². The monoisotopic (exact) mass is 330 g/mol. The molecule has 0 unspecified atom stereocenters. The summed E-state index contributed by atoms with van der Waals surface area (Å²) in [6, 6.07) is 2.44. The van der Waals surface area contributed by atoms with Crippen LogP contribution < -0.4 is 4.90 Å². The van der Waals surface area contributed by atoms with E-state index in [1.54, 1.807) is 19.2 Å². The Morgan fingerprint density at radius 2 is 2.08 bits per heavy atom. The number of aryl methyl sites for hydroxylation is 1. The first-order valence-electron chi connectivity index (χ1n) is 8.72. The van der Waals surface area contributed by atoms with Crippen LogP contribution in [0.2, 0.25) is 0 Å². The topological polar surface area (TPSA) is 79.6 Å². The van der Waals surface area contributed by atoms with E-state index in [-0.39, 0.29) is 10.6 Å². The molecule has 128 valence electrons. The van der Waals surface area contributed by atoms with E-state index in [1.165, 1.54) is 0 Å². The largest absolute Gasteiger partial charge is 0.350 e. The van der Waals surface area contributed by atoms with Crippen LogP contribution in [-0.2, 0) is 4.79 Å². The van der Waals surface area contributed by atoms with Crippen molar-refractivity contribution >= 4 is 17.4 Å². The van der Waals surface area contributed by atoms with Crippen LogP contribution in [0.3, 0.4) is 0 Å². The van der Waals surface area contributed by atoms with Crippen LogP contribution in [0.5, 0.6) is 0 Å². The smallest absolute Gasteiger partial charge is 0.314 e. The third-order valence-electron chi connectivity index (χ3n) is 5.60. The summed E-state index contributed by atoms with van der Waals surface area (Å²) < 4.78 is 0. The molecule has 3 fully saturated rings. The first-order chi connectivity index (χ1) is 11.6. The summed E-state index contributed by atoms with van der Waals surface area (Å²) in [7, 11) is 0. The number of likely N-dealkylation sites (tertiary alicyclic amines) is 1. The van der Waals surface area contributed by atoms with Crippen molar-refractivity contribution < 1.29 is 9.72 Å². The van der Waals surface area contributed by atoms with Crippen molar-refractivity contribution in [3.05, 3.63) is 27.9 Å². The van der Waals surface area contributed by atoms with Gasteiger partial charge >= 0.3 is 5.69 Å². The fraction of sp³-hybridized carbons (Fsp3) is 0.647. The van der Waals surface area contributed by atoms with Crippen molar-refractivity contribution in [3.63, 3.8) is 0 Å². The van der Waals surface area contributed by atoms with Gasteiger partial charge < -0.3 is 9.80 Å². The number of pyridine rings is 1. The summed E-state index contributed by atoms with van der Waals surface area (Å²) in [5.74, 6) is 1.17. The second-order valence-corrected chi connectivity index (χ2v) is 7.19. The number of anilines is 1. The third-order valence-corrected chi connectivity index (χ3v) is 5.60. The van der Waals surface area contributed by atoms with Gasteiger partial charge in [-0.05, 0) is 44.6 Å². The lowest BCUT2D eigenvalue weighted by Gasteiger charge is -2.47. The number of amides is 1. The molecular formula is C17H22N4O3. The lowest BCUT2D eigenvalue weighted by molar-refractivity contribution is -0.384. The van der Waals surface area contributed by atoms with Crippen LogP contribution in [0, 0.1) is 23.0 Å². The summed E-state index contributed by atoms with van der Waals surface area (Å²) >= 11 is 0. The average Bonchev–Trinajstić information content (AvgIpc) is 3.38. The average molecular weight is 330 g/mol. The summed E-state index contributed by atoms with van der Waals surface area (Å²) in [6.07, 6.45) is 6.26. The number of nitrogens with zero attached hydrogens (tertiary/aromatic N) is 4. The molecule has 1 aliphatic carbocycles. The van der Waals surface area contributed by atoms with Gasteiger partial charge in [-0.1, -0.05) is 0 Å². The molecule has 2 atom stereocenters. The molecule has 0 spiro atoms. The molecule has 4 rings (SSSR count). The third kappa shape index (κ3) is 2.52. The number of piperidine rings is 2. The van der Waals surface area contributed by atoms with Crippen LogP contribution in [0.1, 0.15) is 37.7 Å². The van der Waals surface area contributed by atoms with Gasteiger partial charge in [0.05, 0.1) is 4.92 Å². The Labute approximate surface area is 140 Å². The molecule has 0 N–H and O–H groups in total. The van der Waals surface area contributed by atoms with Crippen LogP contribution in [0.4, 0.5) is 11.5 Å². The predicted molar refractivity (Wildman–Crippen MR) is 88.8 cm³/mol. The van der Waals surface area contributed by atoms with Crippen molar-refractivity contribution in [2.45, 2.75) is 51.1 Å². The van der Waals surface area contributed by atoms with Gasteiger partial charge in [-0.2, -0.15) is 0 Å². The van der Waals surface area contributed by atoms with Crippen LogP contribution in [0.25, 0.3) is 0 Å². The molecule has 3 heterocycles. The maximum atomic E-state index is 12.3. The number of nitro groups is 1. The van der Waals surface area contributed by atoms with Gasteiger partial charge in [0.2, 0.25) is 11.7 Å². The molecule has 3 aliphatic rings. The highest BCUT2D eigenvalue weighted by Crippen LogP contribution is 2.40. The van der Waals surface area contributed by atoms with Crippen LogP contribution in [-0.4, -0.2) is 45.9 Å². The lowest BCUT2D eigenvalue weighted by atomic mass is 9.83. The summed E-state index contributed by atoms with van der Waals surface area (Å²) in [6.45, 7) is 3.22. The molecule has 2 saturated heterocycles. The number of aromatic nitrogens is 1. The van der Waals surface area contributed by atoms with E-state index in [0.717, 1.165) is 38.8 Å². The maximum Gasteiger partial charge on any atom is 0.314 e. The fourth-order valence-corrected chi connectivity index (χ4v) is 4.31. The summed E-state index contributed by atoms with van der Waals surface area (Å²) in [5, 5.41) is 11.4. The molecule has 2 aliphatic heterocycles. The standard InChI is InChI=1S/C17H22N4O3/c1-11-6-8-18-17(16(11)21(23)24)19-9-7-14-12(10-19)2-5-15(22)20(14)13-3-4-13/h6,8,12-14H,2-5,7,9-10H2,1H3/t12-,14-/m1/s1. The highest BCUT2D eigenvalue weighted by molar-refractivity contribution is 5.78. The minimum absolute atomic E-state index is 0.113. The Morgan fingerprint density at radius 3 is 2.79 bits per heavy atom. The number of fused-ring (bicyclic) bond motifs is 1. The van der Waals surface area contributed by atoms with Crippen molar-refractivity contribution in [2.24, 2.45) is 5.92 Å². The Bertz CT molecular complexity index is 688. The van der Waals surface area contributed by atoms with E-state index in [4.69, 9.17) is 0 Å². The van der Waals surface area contributed by atoms with E-state index in [0.29, 0.717) is 41.7 Å². The van der Waals surface area contributed by atoms with Crippen LogP contribution >= 0.6 is 0 Å². The number of hydrogen-bond acceptors (Lipinski definition) is 5. The van der Waals surface area contributed by atoms with Crippen molar-refractivity contribution in [1.82, 2.24) is 9.88 Å². The predicted octanol–water partition coefficient (Wildman–Crippen LogP) is 2.28. The SMILES string of the molecule is Cc1ccnc(N2CC[C@@H]3[C@H](CCC(=O)N3C3CC3)C2)c1[N+](=O)[O-]. The Kier molecular flexibility index (Phi) is 3.66. The van der Waals surface area contributed by atoms with E-state index >= 15 is 0 Å². The minimum Gasteiger partial charge on any atom is -0.350 e. The molecule has 0 aromatic carbocycles. The minimum atomic E-state index is -0.329. The molecule has 1 amide bonds. The molecule has 7 nitrogen and oxygen atoms in total. The highest BCUT2D eigenvalue weighted by Gasteiger charge is 2.45. The van der Waals surface area contributed by atoms with Gasteiger partial charge in [0, 0.05) is 43.4 Å². The van der Waals surface area contributed by atoms with Gasteiger partial charge in [0.15, 0.2) is 0 Å². The van der Waals surface area contributed by atoms with Crippen molar-refractivity contribution in [3.8, 4) is 0 Å². The zero-order valence-electron chi connectivity index (χ0n) is 13.9. The molecular weight excluding hydrogens is 308 g/mol. The molecule has 1 aromatic heterocycles. The first kappa shape index (κ1) is 15.4. The number of hydrogen-bond donors (Lipinski definition) is 0. The summed E-state index contributed by atoms with van der Waals surface area (Å²) in [4.78, 5) is 31.9. The van der Waals surface area contributed by atoms with Gasteiger partial charge in [-0.25, -0.2) is 4.98 Å². The van der Waals surface area contributed by atoms with E-state index < -0.39 is 0 Å². The van der Waals surface area contributed by atoms with E-state index in [9.17, 15) is 14.9 Å². The van der Waals surface area contributed by atoms with Crippen molar-refractivity contribution in [1.29, 1.82) is 0 Å². The Hall–Kier alpha value is -2.18. The zero-order chi connectivity index (χ0) is 16.8. The number of carbonyl (C=O) groups is 1. The Morgan fingerprint density at radius 1 is 1.29 bits per heavy atom. The molecule has 0 bridgehead atoms. The normalized spacial score (nSPS) is 27.1. The molecule has 1 aromatic rings. The fourth-order valence-electron chi connectivity index (χ4n) is 4.31. The first-order valence-corrected chi connectivity index (χ1v) is 8.72. The molecule has 24 heavy (non-hydrogen) atoms. The second kappa shape index (κ2) is 5.72. The Balaban J connectivity index is 1.58. The van der Waals surface area contributed by atoms with Gasteiger partial charge in [-0.15, -0.1) is 0 Å².